The standard InChI is InChI=1S/C25H25ClN2O3/c1-16-14-22(23(31-2)15-21(16)26)27-24(29)18-10-12-28(13-11-18)25(30)20-9-5-7-17-6-3-4-8-19(17)20/h3-9,14-15,18H,10-13H2,1-2H3,(H,27,29). The molecule has 3 aromatic rings. The average molecular weight is 437 g/mol. The van der Waals surface area contributed by atoms with Crippen molar-refractivity contribution in [3.63, 3.8) is 0 Å². The van der Waals surface area contributed by atoms with E-state index in [1.165, 1.54) is 0 Å². The molecule has 0 unspecified atom stereocenters. The molecule has 4 rings (SSSR count). The first-order chi connectivity index (χ1) is 15.0. The number of likely N-dealkylation sites (tertiary alicyclic amines) is 1. The van der Waals surface area contributed by atoms with Gasteiger partial charge in [0, 0.05) is 35.7 Å². The molecule has 0 atom stereocenters. The number of fused-ring (bicyclic) bond motifs is 1. The van der Waals surface area contributed by atoms with Crippen molar-refractivity contribution >= 4 is 39.9 Å². The van der Waals surface area contributed by atoms with Crippen molar-refractivity contribution in [3.05, 3.63) is 70.7 Å². The Balaban J connectivity index is 1.42. The summed E-state index contributed by atoms with van der Waals surface area (Å²) in [5.41, 5.74) is 2.19. The lowest BCUT2D eigenvalue weighted by atomic mass is 9.94. The fraction of sp³-hybridized carbons (Fsp3) is 0.280. The van der Waals surface area contributed by atoms with Crippen molar-refractivity contribution in [2.45, 2.75) is 19.8 Å². The molecule has 3 aromatic carbocycles. The number of aryl methyl sites for hydroxylation is 1. The lowest BCUT2D eigenvalue weighted by Crippen LogP contribution is -2.41. The van der Waals surface area contributed by atoms with Crippen LogP contribution in [0.25, 0.3) is 10.8 Å². The number of rotatable bonds is 4. The molecule has 6 heteroatoms. The Morgan fingerprint density at radius 2 is 1.77 bits per heavy atom. The highest BCUT2D eigenvalue weighted by Gasteiger charge is 2.29. The van der Waals surface area contributed by atoms with E-state index in [2.05, 4.69) is 5.32 Å². The molecule has 160 valence electrons. The van der Waals surface area contributed by atoms with E-state index < -0.39 is 0 Å². The second-order valence-electron chi connectivity index (χ2n) is 7.88. The number of hydrogen-bond acceptors (Lipinski definition) is 3. The Kier molecular flexibility index (Phi) is 6.14. The van der Waals surface area contributed by atoms with Crippen LogP contribution >= 0.6 is 11.6 Å². The van der Waals surface area contributed by atoms with Gasteiger partial charge < -0.3 is 15.0 Å². The minimum Gasteiger partial charge on any atom is -0.495 e. The summed E-state index contributed by atoms with van der Waals surface area (Å²) in [7, 11) is 1.55. The summed E-state index contributed by atoms with van der Waals surface area (Å²) in [5.74, 6) is 0.340. The minimum absolute atomic E-state index is 0.0191. The molecule has 0 spiro atoms. The van der Waals surface area contributed by atoms with E-state index in [0.717, 1.165) is 16.3 Å². The number of hydrogen-bond donors (Lipinski definition) is 1. The molecule has 31 heavy (non-hydrogen) atoms. The van der Waals surface area contributed by atoms with E-state index in [9.17, 15) is 9.59 Å². The van der Waals surface area contributed by atoms with Gasteiger partial charge in [-0.1, -0.05) is 48.0 Å². The number of carbonyl (C=O) groups is 2. The lowest BCUT2D eigenvalue weighted by Gasteiger charge is -2.31. The van der Waals surface area contributed by atoms with E-state index >= 15 is 0 Å². The molecule has 1 aliphatic rings. The minimum atomic E-state index is -0.155. The van der Waals surface area contributed by atoms with Crippen LogP contribution in [0, 0.1) is 12.8 Å². The Morgan fingerprint density at radius 3 is 2.52 bits per heavy atom. The number of anilines is 1. The van der Waals surface area contributed by atoms with Gasteiger partial charge >= 0.3 is 0 Å². The van der Waals surface area contributed by atoms with Gasteiger partial charge in [-0.3, -0.25) is 9.59 Å². The molecule has 0 radical (unpaired) electrons. The lowest BCUT2D eigenvalue weighted by molar-refractivity contribution is -0.121. The molecule has 1 N–H and O–H groups in total. The predicted molar refractivity (Wildman–Crippen MR) is 124 cm³/mol. The maximum atomic E-state index is 13.1. The highest BCUT2D eigenvalue weighted by Crippen LogP contribution is 2.32. The Bertz CT molecular complexity index is 1130. The third kappa shape index (κ3) is 4.37. The van der Waals surface area contributed by atoms with Crippen molar-refractivity contribution in [3.8, 4) is 5.75 Å². The first kappa shape index (κ1) is 21.2. The smallest absolute Gasteiger partial charge is 0.254 e. The summed E-state index contributed by atoms with van der Waals surface area (Å²) in [6.07, 6.45) is 1.24. The van der Waals surface area contributed by atoms with Crippen molar-refractivity contribution in [1.82, 2.24) is 4.90 Å². The van der Waals surface area contributed by atoms with Crippen molar-refractivity contribution in [2.75, 3.05) is 25.5 Å². The number of nitrogens with one attached hydrogen (secondary N) is 1. The van der Waals surface area contributed by atoms with E-state index in [1.807, 2.05) is 60.4 Å². The summed E-state index contributed by atoms with van der Waals surface area (Å²) in [5, 5.41) is 5.57. The van der Waals surface area contributed by atoms with Crippen LogP contribution in [0.3, 0.4) is 0 Å². The molecule has 1 fully saturated rings. The fourth-order valence-electron chi connectivity index (χ4n) is 4.09. The molecule has 0 bridgehead atoms. The summed E-state index contributed by atoms with van der Waals surface area (Å²) >= 11 is 6.15. The van der Waals surface area contributed by atoms with Crippen LogP contribution < -0.4 is 10.1 Å². The number of halogens is 1. The fourth-order valence-corrected chi connectivity index (χ4v) is 4.25. The largest absolute Gasteiger partial charge is 0.495 e. The quantitative estimate of drug-likeness (QED) is 0.603. The van der Waals surface area contributed by atoms with Crippen LogP contribution in [0.2, 0.25) is 5.02 Å². The van der Waals surface area contributed by atoms with E-state index in [1.54, 1.807) is 13.2 Å². The molecular formula is C25H25ClN2O3. The molecule has 1 heterocycles. The van der Waals surface area contributed by atoms with Gasteiger partial charge in [0.1, 0.15) is 5.75 Å². The SMILES string of the molecule is COc1cc(Cl)c(C)cc1NC(=O)C1CCN(C(=O)c2cccc3ccccc23)CC1. The summed E-state index contributed by atoms with van der Waals surface area (Å²) in [6, 6.07) is 17.2. The molecule has 0 saturated carbocycles. The average Bonchev–Trinajstić information content (AvgIpc) is 2.80. The molecule has 5 nitrogen and oxygen atoms in total. The van der Waals surface area contributed by atoms with E-state index in [-0.39, 0.29) is 17.7 Å². The first-order valence-corrected chi connectivity index (χ1v) is 10.8. The normalized spacial score (nSPS) is 14.5. The second kappa shape index (κ2) is 8.98. The monoisotopic (exact) mass is 436 g/mol. The Morgan fingerprint density at radius 1 is 1.06 bits per heavy atom. The highest BCUT2D eigenvalue weighted by atomic mass is 35.5. The van der Waals surface area contributed by atoms with Gasteiger partial charge in [-0.25, -0.2) is 0 Å². The zero-order valence-electron chi connectivity index (χ0n) is 17.7. The van der Waals surface area contributed by atoms with Gasteiger partial charge in [-0.15, -0.1) is 0 Å². The van der Waals surface area contributed by atoms with Crippen LogP contribution in [0.15, 0.2) is 54.6 Å². The van der Waals surface area contributed by atoms with Crippen molar-refractivity contribution in [2.24, 2.45) is 5.92 Å². The highest BCUT2D eigenvalue weighted by molar-refractivity contribution is 6.31. The molecule has 2 amide bonds. The number of ether oxygens (including phenoxy) is 1. The Labute approximate surface area is 186 Å². The second-order valence-corrected chi connectivity index (χ2v) is 8.29. The topological polar surface area (TPSA) is 58.6 Å². The van der Waals surface area contributed by atoms with Gasteiger partial charge in [0.25, 0.3) is 5.91 Å². The van der Waals surface area contributed by atoms with E-state index in [0.29, 0.717) is 48.0 Å². The molecule has 1 aliphatic heterocycles. The molecule has 1 saturated heterocycles. The summed E-state index contributed by atoms with van der Waals surface area (Å²) in [6.45, 7) is 2.99. The predicted octanol–water partition coefficient (Wildman–Crippen LogP) is 5.30. The number of piperidine rings is 1. The third-order valence-corrected chi connectivity index (χ3v) is 6.32. The van der Waals surface area contributed by atoms with Gasteiger partial charge in [0.2, 0.25) is 5.91 Å². The van der Waals surface area contributed by atoms with Crippen LogP contribution in [0.4, 0.5) is 5.69 Å². The summed E-state index contributed by atoms with van der Waals surface area (Å²) in [4.78, 5) is 27.8. The van der Waals surface area contributed by atoms with Gasteiger partial charge in [0.15, 0.2) is 0 Å². The van der Waals surface area contributed by atoms with Crippen LogP contribution in [0.1, 0.15) is 28.8 Å². The van der Waals surface area contributed by atoms with Crippen molar-refractivity contribution < 1.29 is 14.3 Å². The molecule has 0 aromatic heterocycles. The maximum Gasteiger partial charge on any atom is 0.254 e. The zero-order chi connectivity index (χ0) is 22.0. The number of methoxy groups -OCH3 is 1. The van der Waals surface area contributed by atoms with Crippen LogP contribution in [-0.4, -0.2) is 36.9 Å². The van der Waals surface area contributed by atoms with Crippen LogP contribution in [0.5, 0.6) is 5.75 Å². The first-order valence-electron chi connectivity index (χ1n) is 10.4. The number of benzene rings is 3. The number of amides is 2. The molecule has 0 aliphatic carbocycles. The number of carbonyl (C=O) groups excluding carboxylic acids is 2. The maximum absolute atomic E-state index is 13.1. The molecular weight excluding hydrogens is 412 g/mol. The van der Waals surface area contributed by atoms with Gasteiger partial charge in [0.05, 0.1) is 12.8 Å². The summed E-state index contributed by atoms with van der Waals surface area (Å²) < 4.78 is 5.35. The van der Waals surface area contributed by atoms with Crippen LogP contribution in [-0.2, 0) is 4.79 Å². The Hall–Kier alpha value is -3.05. The zero-order valence-corrected chi connectivity index (χ0v) is 18.4. The third-order valence-electron chi connectivity index (χ3n) is 5.91. The number of nitrogens with zero attached hydrogens (tertiary/aromatic N) is 1. The van der Waals surface area contributed by atoms with Crippen molar-refractivity contribution in [1.29, 1.82) is 0 Å². The van der Waals surface area contributed by atoms with E-state index in [4.69, 9.17) is 16.3 Å². The van der Waals surface area contributed by atoms with Gasteiger partial charge in [-0.2, -0.15) is 0 Å². The van der Waals surface area contributed by atoms with Gasteiger partial charge in [-0.05, 0) is 48.2 Å².